The Balaban J connectivity index is 1.13. The lowest BCUT2D eigenvalue weighted by Gasteiger charge is -2.33. The van der Waals surface area contributed by atoms with Crippen LogP contribution in [-0.4, -0.2) is 106 Å². The van der Waals surface area contributed by atoms with Crippen molar-refractivity contribution >= 4 is 44.6 Å². The van der Waals surface area contributed by atoms with Gasteiger partial charge in [0.05, 0.1) is 40.9 Å². The Bertz CT molecular complexity index is 2150. The van der Waals surface area contributed by atoms with Crippen LogP contribution in [0.3, 0.4) is 0 Å². The van der Waals surface area contributed by atoms with Gasteiger partial charge in [-0.25, -0.2) is 17.7 Å². The van der Waals surface area contributed by atoms with Crippen molar-refractivity contribution in [3.63, 3.8) is 0 Å². The van der Waals surface area contributed by atoms with Gasteiger partial charge < -0.3 is 19.9 Å². The number of nitrogens with zero attached hydrogens (tertiary/aromatic N) is 5. The van der Waals surface area contributed by atoms with Crippen LogP contribution in [0.4, 0.5) is 0 Å². The van der Waals surface area contributed by atoms with E-state index >= 15 is 0 Å². The van der Waals surface area contributed by atoms with Crippen LogP contribution >= 0.6 is 0 Å². The fourth-order valence-corrected chi connectivity index (χ4v) is 10.9. The molecule has 5 aliphatic rings. The fraction of sp³-hybridized carbons (Fsp3) is 0.535. The van der Waals surface area contributed by atoms with E-state index in [0.717, 1.165) is 49.3 Å². The lowest BCUT2D eigenvalue weighted by Crippen LogP contribution is -2.53. The molecule has 4 amide bonds. The van der Waals surface area contributed by atoms with E-state index in [4.69, 9.17) is 9.72 Å². The largest absolute Gasteiger partial charge is 0.497 e. The second-order valence-corrected chi connectivity index (χ2v) is 18.4. The van der Waals surface area contributed by atoms with Gasteiger partial charge >= 0.3 is 0 Å². The first-order chi connectivity index (χ1) is 27.6. The predicted octanol–water partition coefficient (Wildman–Crippen LogP) is 5.25. The summed E-state index contributed by atoms with van der Waals surface area (Å²) in [4.78, 5) is 70.4. The van der Waals surface area contributed by atoms with E-state index in [1.807, 2.05) is 23.1 Å². The second kappa shape index (κ2) is 16.6. The maximum Gasteiger partial charge on any atom is 0.259 e. The molecule has 302 valence electrons. The van der Waals surface area contributed by atoms with E-state index in [1.54, 1.807) is 43.6 Å². The van der Waals surface area contributed by atoms with Gasteiger partial charge in [0.15, 0.2) is 0 Å². The first-order valence-electron chi connectivity index (χ1n) is 20.7. The standard InChI is InChI=1S/C43H52N6O7S/c1-56-31-15-18-35-33(25-31)34(26-37(46-35)36-14-8-9-19-44-36)41(51)45-30-24-39-43(53)49(57(54,55)32-16-17-32)38-22-28(38)12-6-3-2-4-7-13-29(42(52)48(39)27-30)23-40(50)47-20-10-5-11-21-47/h6,8-9,12,14-15,18-19,25-26,28-30,32,38-39H,2-5,7,10-11,13,16-17,20-24,27H2,1H3,(H,45,51). The number of hydrogen-bond donors (Lipinski definition) is 1. The molecular formula is C43H52N6O7S. The Kier molecular flexibility index (Phi) is 11.3. The third kappa shape index (κ3) is 8.42. The Hall–Kier alpha value is -4.85. The quantitative estimate of drug-likeness (QED) is 0.301. The third-order valence-electron chi connectivity index (χ3n) is 12.2. The van der Waals surface area contributed by atoms with Gasteiger partial charge in [0.2, 0.25) is 21.8 Å². The number of allylic oxidation sites excluding steroid dienone is 1. The minimum atomic E-state index is -3.97. The van der Waals surface area contributed by atoms with Crippen molar-refractivity contribution in [3.8, 4) is 17.1 Å². The zero-order valence-electron chi connectivity index (χ0n) is 32.6. The first kappa shape index (κ1) is 39.0. The highest BCUT2D eigenvalue weighted by atomic mass is 32.2. The number of pyridine rings is 2. The van der Waals surface area contributed by atoms with Gasteiger partial charge in [-0.15, -0.1) is 0 Å². The number of hydrogen-bond acceptors (Lipinski definition) is 9. The molecule has 14 heteroatoms. The summed E-state index contributed by atoms with van der Waals surface area (Å²) in [7, 11) is -2.42. The summed E-state index contributed by atoms with van der Waals surface area (Å²) in [6.07, 6.45) is 14.2. The molecule has 0 radical (unpaired) electrons. The molecule has 1 N–H and O–H groups in total. The molecule has 3 aromatic rings. The summed E-state index contributed by atoms with van der Waals surface area (Å²) < 4.78 is 34.7. The van der Waals surface area contributed by atoms with E-state index < -0.39 is 51.1 Å². The smallest absolute Gasteiger partial charge is 0.259 e. The number of ether oxygens (including phenoxy) is 1. The molecule has 5 heterocycles. The number of methoxy groups -OCH3 is 1. The number of carbonyl (C=O) groups is 4. The topological polar surface area (TPSA) is 159 Å². The molecule has 2 saturated heterocycles. The van der Waals surface area contributed by atoms with Gasteiger partial charge in [-0.2, -0.15) is 0 Å². The molecule has 2 saturated carbocycles. The molecule has 1 aromatic carbocycles. The van der Waals surface area contributed by atoms with Gasteiger partial charge in [0, 0.05) is 55.5 Å². The summed E-state index contributed by atoms with van der Waals surface area (Å²) in [6, 6.07) is 10.1. The van der Waals surface area contributed by atoms with Crippen molar-refractivity contribution in [2.45, 2.75) is 107 Å². The Labute approximate surface area is 334 Å². The maximum atomic E-state index is 14.9. The van der Waals surface area contributed by atoms with E-state index in [0.29, 0.717) is 72.4 Å². The summed E-state index contributed by atoms with van der Waals surface area (Å²) in [5, 5.41) is 3.05. The number of carbonyl (C=O) groups excluding carboxylic acids is 4. The van der Waals surface area contributed by atoms with Crippen molar-refractivity contribution in [3.05, 3.63) is 66.4 Å². The Morgan fingerprint density at radius 1 is 0.912 bits per heavy atom. The lowest BCUT2D eigenvalue weighted by atomic mass is 9.94. The number of rotatable bonds is 8. The molecule has 5 unspecified atom stereocenters. The SMILES string of the molecule is COc1ccc2nc(-c3ccccn3)cc(C(=O)NC3CC4C(=O)N(S(=O)(=O)C5CC5)C5CC5C=CCCCCCC(CC(=O)N5CCCCC5)C(=O)N4C3)c2c1. The summed E-state index contributed by atoms with van der Waals surface area (Å²) in [5.74, 6) is -1.67. The number of piperidine rings is 1. The molecule has 2 aliphatic carbocycles. The van der Waals surface area contributed by atoms with Crippen LogP contribution in [0.25, 0.3) is 22.3 Å². The van der Waals surface area contributed by atoms with Crippen molar-refractivity contribution in [2.24, 2.45) is 11.8 Å². The van der Waals surface area contributed by atoms with Crippen LogP contribution in [0, 0.1) is 11.8 Å². The van der Waals surface area contributed by atoms with Crippen LogP contribution in [0.1, 0.15) is 93.8 Å². The number of amides is 4. The van der Waals surface area contributed by atoms with Gasteiger partial charge in [-0.05, 0) is 101 Å². The molecule has 5 atom stereocenters. The maximum absolute atomic E-state index is 14.9. The number of fused-ring (bicyclic) bond motifs is 3. The normalized spacial score (nSPS) is 26.0. The molecule has 0 spiro atoms. The monoisotopic (exact) mass is 796 g/mol. The molecule has 2 aromatic heterocycles. The van der Waals surface area contributed by atoms with Gasteiger partial charge in [0.25, 0.3) is 11.8 Å². The van der Waals surface area contributed by atoms with E-state index in [9.17, 15) is 27.6 Å². The zero-order valence-corrected chi connectivity index (χ0v) is 33.4. The highest BCUT2D eigenvalue weighted by molar-refractivity contribution is 7.90. The van der Waals surface area contributed by atoms with Crippen molar-refractivity contribution in [1.82, 2.24) is 29.4 Å². The van der Waals surface area contributed by atoms with Gasteiger partial charge in [0.1, 0.15) is 11.8 Å². The molecular weight excluding hydrogens is 745 g/mol. The molecule has 13 nitrogen and oxygen atoms in total. The molecule has 0 bridgehead atoms. The second-order valence-electron chi connectivity index (χ2n) is 16.3. The third-order valence-corrected chi connectivity index (χ3v) is 14.5. The van der Waals surface area contributed by atoms with Crippen molar-refractivity contribution < 1.29 is 32.3 Å². The van der Waals surface area contributed by atoms with Crippen LogP contribution in [0.5, 0.6) is 5.75 Å². The Morgan fingerprint density at radius 3 is 2.47 bits per heavy atom. The molecule has 57 heavy (non-hydrogen) atoms. The number of sulfonamides is 1. The van der Waals surface area contributed by atoms with E-state index in [1.165, 1.54) is 4.90 Å². The minimum Gasteiger partial charge on any atom is -0.497 e. The van der Waals surface area contributed by atoms with Crippen LogP contribution in [-0.2, 0) is 24.4 Å². The first-order valence-corrected chi connectivity index (χ1v) is 22.2. The number of likely N-dealkylation sites (tertiary alicyclic amines) is 1. The number of aromatic nitrogens is 2. The van der Waals surface area contributed by atoms with Crippen LogP contribution in [0.2, 0.25) is 0 Å². The highest BCUT2D eigenvalue weighted by Crippen LogP contribution is 2.44. The summed E-state index contributed by atoms with van der Waals surface area (Å²) in [5.41, 5.74) is 1.96. The molecule has 8 rings (SSSR count). The van der Waals surface area contributed by atoms with Crippen molar-refractivity contribution in [1.29, 1.82) is 0 Å². The predicted molar refractivity (Wildman–Crippen MR) is 214 cm³/mol. The lowest BCUT2D eigenvalue weighted by molar-refractivity contribution is -0.146. The zero-order chi connectivity index (χ0) is 39.7. The van der Waals surface area contributed by atoms with Gasteiger partial charge in [-0.3, -0.25) is 24.2 Å². The average Bonchev–Trinajstić information content (AvgIpc) is 4.17. The summed E-state index contributed by atoms with van der Waals surface area (Å²) in [6.45, 7) is 1.33. The van der Waals surface area contributed by atoms with Gasteiger partial charge in [-0.1, -0.05) is 31.1 Å². The fourth-order valence-electron chi connectivity index (χ4n) is 8.81. The van der Waals surface area contributed by atoms with Crippen LogP contribution < -0.4 is 10.1 Å². The molecule has 3 aliphatic heterocycles. The number of benzene rings is 1. The number of nitrogens with one attached hydrogen (secondary N) is 1. The van der Waals surface area contributed by atoms with E-state index in [2.05, 4.69) is 16.4 Å². The molecule has 4 fully saturated rings. The average molecular weight is 797 g/mol. The Morgan fingerprint density at radius 2 is 1.72 bits per heavy atom. The minimum absolute atomic E-state index is 0.000133. The van der Waals surface area contributed by atoms with E-state index in [-0.39, 0.29) is 37.1 Å². The highest BCUT2D eigenvalue weighted by Gasteiger charge is 2.56. The van der Waals surface area contributed by atoms with Crippen LogP contribution in [0.15, 0.2) is 60.8 Å². The van der Waals surface area contributed by atoms with Crippen molar-refractivity contribution in [2.75, 3.05) is 26.7 Å². The summed E-state index contributed by atoms with van der Waals surface area (Å²) >= 11 is 0.